The molecule has 3 heteroatoms. The molecule has 2 aromatic rings. The van der Waals surface area contributed by atoms with Crippen molar-refractivity contribution in [2.24, 2.45) is 0 Å². The van der Waals surface area contributed by atoms with Gasteiger partial charge in [0.2, 0.25) is 0 Å². The average Bonchev–Trinajstić information content (AvgIpc) is 2.84. The highest BCUT2D eigenvalue weighted by Gasteiger charge is 2.05. The number of rotatable bonds is 6. The minimum atomic E-state index is 0.411. The molecule has 0 bridgehead atoms. The van der Waals surface area contributed by atoms with Crippen LogP contribution in [0.15, 0.2) is 40.2 Å². The molecule has 102 valence electrons. The highest BCUT2D eigenvalue weighted by atomic mass is 79.9. The molecule has 1 aromatic carbocycles. The molecule has 0 aliphatic carbocycles. The van der Waals surface area contributed by atoms with Crippen molar-refractivity contribution >= 4 is 27.3 Å². The molecule has 0 aliphatic heterocycles. The molecule has 0 saturated heterocycles. The van der Waals surface area contributed by atoms with Gasteiger partial charge in [-0.1, -0.05) is 31.2 Å². The molecule has 19 heavy (non-hydrogen) atoms. The molecular weight excluding hydrogens is 318 g/mol. The Kier molecular flexibility index (Phi) is 5.61. The number of hydrogen-bond donors (Lipinski definition) is 1. The summed E-state index contributed by atoms with van der Waals surface area (Å²) in [4.78, 5) is 1.42. The van der Waals surface area contributed by atoms with E-state index >= 15 is 0 Å². The highest BCUT2D eigenvalue weighted by molar-refractivity contribution is 9.11. The van der Waals surface area contributed by atoms with E-state index in [2.05, 4.69) is 71.5 Å². The zero-order valence-corrected chi connectivity index (χ0v) is 13.9. The molecular formula is C16H20BrNS. The molecule has 0 fully saturated rings. The van der Waals surface area contributed by atoms with Gasteiger partial charge >= 0.3 is 0 Å². The van der Waals surface area contributed by atoms with Crippen LogP contribution in [0.4, 0.5) is 0 Å². The fraction of sp³-hybridized carbons (Fsp3) is 0.375. The number of aryl methyl sites for hydroxylation is 1. The van der Waals surface area contributed by atoms with Crippen molar-refractivity contribution in [3.05, 3.63) is 56.2 Å². The van der Waals surface area contributed by atoms with Crippen molar-refractivity contribution in [1.82, 2.24) is 5.32 Å². The zero-order chi connectivity index (χ0) is 13.7. The van der Waals surface area contributed by atoms with E-state index in [0.29, 0.717) is 6.04 Å². The second-order valence-electron chi connectivity index (χ2n) is 4.73. The van der Waals surface area contributed by atoms with Gasteiger partial charge in [0.05, 0.1) is 3.79 Å². The predicted octanol–water partition coefficient (Wildman–Crippen LogP) is 4.97. The van der Waals surface area contributed by atoms with Crippen LogP contribution in [0.25, 0.3) is 0 Å². The summed E-state index contributed by atoms with van der Waals surface area (Å²) in [5.41, 5.74) is 2.77. The normalized spacial score (nSPS) is 12.6. The highest BCUT2D eigenvalue weighted by Crippen LogP contribution is 2.22. The maximum absolute atomic E-state index is 3.59. The Balaban J connectivity index is 1.81. The fourth-order valence-corrected chi connectivity index (χ4v) is 3.54. The first-order chi connectivity index (χ1) is 9.19. The summed E-state index contributed by atoms with van der Waals surface area (Å²) in [6.45, 7) is 5.44. The van der Waals surface area contributed by atoms with Crippen molar-refractivity contribution in [3.63, 3.8) is 0 Å². The Labute approximate surface area is 128 Å². The van der Waals surface area contributed by atoms with Gasteiger partial charge in [-0.05, 0) is 59.0 Å². The van der Waals surface area contributed by atoms with E-state index in [9.17, 15) is 0 Å². The van der Waals surface area contributed by atoms with E-state index in [0.717, 1.165) is 19.4 Å². The van der Waals surface area contributed by atoms with Crippen LogP contribution in [0.3, 0.4) is 0 Å². The molecule has 1 atom stereocenters. The van der Waals surface area contributed by atoms with Crippen LogP contribution in [-0.2, 0) is 12.8 Å². The Bertz CT molecular complexity index is 504. The largest absolute Gasteiger partial charge is 0.310 e. The second kappa shape index (κ2) is 7.22. The summed E-state index contributed by atoms with van der Waals surface area (Å²) in [5.74, 6) is 0. The Morgan fingerprint density at radius 1 is 1.16 bits per heavy atom. The third-order valence-electron chi connectivity index (χ3n) is 3.34. The van der Waals surface area contributed by atoms with Gasteiger partial charge in [0.25, 0.3) is 0 Å². The van der Waals surface area contributed by atoms with E-state index in [1.165, 1.54) is 19.8 Å². The first-order valence-electron chi connectivity index (χ1n) is 6.75. The lowest BCUT2D eigenvalue weighted by Crippen LogP contribution is -2.21. The molecule has 0 amide bonds. The zero-order valence-electron chi connectivity index (χ0n) is 11.4. The molecule has 1 nitrogen and oxygen atoms in total. The summed E-state index contributed by atoms with van der Waals surface area (Å²) in [7, 11) is 0. The quantitative estimate of drug-likeness (QED) is 0.784. The monoisotopic (exact) mass is 337 g/mol. The standard InChI is InChI=1S/C16H20BrNS/c1-3-13-4-6-14(7-5-13)12(2)18-11-10-15-8-9-16(17)19-15/h4-9,12,18H,3,10-11H2,1-2H3. The van der Waals surface area contributed by atoms with E-state index in [4.69, 9.17) is 0 Å². The number of halogens is 1. The number of thiophene rings is 1. The van der Waals surface area contributed by atoms with Gasteiger partial charge in [0.1, 0.15) is 0 Å². The van der Waals surface area contributed by atoms with E-state index in [1.807, 2.05) is 11.3 Å². The van der Waals surface area contributed by atoms with Crippen LogP contribution in [0.1, 0.15) is 35.9 Å². The molecule has 0 spiro atoms. The van der Waals surface area contributed by atoms with Crippen LogP contribution in [0, 0.1) is 0 Å². The minimum Gasteiger partial charge on any atom is -0.310 e. The average molecular weight is 338 g/mol. The van der Waals surface area contributed by atoms with Crippen LogP contribution >= 0.6 is 27.3 Å². The summed E-state index contributed by atoms with van der Waals surface area (Å²) in [6.07, 6.45) is 2.20. The Hall–Kier alpha value is -0.640. The smallest absolute Gasteiger partial charge is 0.0701 e. The van der Waals surface area contributed by atoms with Crippen molar-refractivity contribution in [1.29, 1.82) is 0 Å². The number of nitrogens with one attached hydrogen (secondary N) is 1. The van der Waals surface area contributed by atoms with Crippen molar-refractivity contribution in [3.8, 4) is 0 Å². The van der Waals surface area contributed by atoms with Crippen molar-refractivity contribution in [2.45, 2.75) is 32.7 Å². The first kappa shape index (κ1) is 14.8. The molecule has 1 heterocycles. The maximum atomic E-state index is 3.59. The lowest BCUT2D eigenvalue weighted by molar-refractivity contribution is 0.578. The number of benzene rings is 1. The summed E-state index contributed by atoms with van der Waals surface area (Å²) in [5, 5.41) is 3.59. The minimum absolute atomic E-state index is 0.411. The Morgan fingerprint density at radius 3 is 2.47 bits per heavy atom. The Morgan fingerprint density at radius 2 is 1.89 bits per heavy atom. The van der Waals surface area contributed by atoms with E-state index in [1.54, 1.807) is 0 Å². The van der Waals surface area contributed by atoms with Gasteiger partial charge in [-0.15, -0.1) is 11.3 Å². The van der Waals surface area contributed by atoms with Gasteiger partial charge in [-0.2, -0.15) is 0 Å². The van der Waals surface area contributed by atoms with Crippen LogP contribution in [0.2, 0.25) is 0 Å². The lowest BCUT2D eigenvalue weighted by Gasteiger charge is -2.14. The molecule has 1 aromatic heterocycles. The van der Waals surface area contributed by atoms with E-state index in [-0.39, 0.29) is 0 Å². The van der Waals surface area contributed by atoms with Gasteiger partial charge in [0.15, 0.2) is 0 Å². The van der Waals surface area contributed by atoms with Crippen molar-refractivity contribution < 1.29 is 0 Å². The maximum Gasteiger partial charge on any atom is 0.0701 e. The van der Waals surface area contributed by atoms with Crippen LogP contribution < -0.4 is 5.32 Å². The molecule has 1 N–H and O–H groups in total. The molecule has 2 rings (SSSR count). The van der Waals surface area contributed by atoms with Gasteiger partial charge in [-0.25, -0.2) is 0 Å². The molecule has 0 aliphatic rings. The van der Waals surface area contributed by atoms with Gasteiger partial charge in [0, 0.05) is 17.5 Å². The third-order valence-corrected chi connectivity index (χ3v) is 5.02. The first-order valence-corrected chi connectivity index (χ1v) is 8.36. The molecule has 1 unspecified atom stereocenters. The number of hydrogen-bond acceptors (Lipinski definition) is 2. The summed E-state index contributed by atoms with van der Waals surface area (Å²) < 4.78 is 1.21. The summed E-state index contributed by atoms with van der Waals surface area (Å²) in [6, 6.07) is 13.6. The SMILES string of the molecule is CCc1ccc(C(C)NCCc2ccc(Br)s2)cc1. The van der Waals surface area contributed by atoms with Crippen LogP contribution in [0.5, 0.6) is 0 Å². The fourth-order valence-electron chi connectivity index (χ4n) is 2.06. The predicted molar refractivity (Wildman–Crippen MR) is 88.0 cm³/mol. The summed E-state index contributed by atoms with van der Waals surface area (Å²) >= 11 is 5.32. The van der Waals surface area contributed by atoms with Crippen LogP contribution in [-0.4, -0.2) is 6.54 Å². The van der Waals surface area contributed by atoms with E-state index < -0.39 is 0 Å². The molecule has 0 saturated carbocycles. The topological polar surface area (TPSA) is 12.0 Å². The van der Waals surface area contributed by atoms with Crippen molar-refractivity contribution in [2.75, 3.05) is 6.54 Å². The molecule has 0 radical (unpaired) electrons. The third kappa shape index (κ3) is 4.44. The van der Waals surface area contributed by atoms with Gasteiger partial charge in [-0.3, -0.25) is 0 Å². The second-order valence-corrected chi connectivity index (χ2v) is 7.27. The van der Waals surface area contributed by atoms with Gasteiger partial charge < -0.3 is 5.32 Å². The lowest BCUT2D eigenvalue weighted by atomic mass is 10.0.